The second kappa shape index (κ2) is 4.89. The molecule has 3 nitrogen and oxygen atoms in total. The summed E-state index contributed by atoms with van der Waals surface area (Å²) in [7, 11) is 1.59. The Morgan fingerprint density at radius 1 is 1.38 bits per heavy atom. The lowest BCUT2D eigenvalue weighted by molar-refractivity contribution is 0.283. The molecule has 0 heterocycles. The molecule has 0 amide bonds. The van der Waals surface area contributed by atoms with Crippen molar-refractivity contribution in [3.8, 4) is 17.6 Å². The minimum absolute atomic E-state index is 0.589. The fourth-order valence-electron chi connectivity index (χ4n) is 1.60. The topological polar surface area (TPSA) is 42.2 Å². The van der Waals surface area contributed by atoms with Crippen LogP contribution in [0.1, 0.15) is 24.8 Å². The van der Waals surface area contributed by atoms with Crippen LogP contribution in [0.25, 0.3) is 0 Å². The van der Waals surface area contributed by atoms with Gasteiger partial charge in [0.05, 0.1) is 25.3 Å². The van der Waals surface area contributed by atoms with Crippen molar-refractivity contribution >= 4 is 0 Å². The van der Waals surface area contributed by atoms with Crippen LogP contribution in [0.15, 0.2) is 18.2 Å². The summed E-state index contributed by atoms with van der Waals surface area (Å²) in [4.78, 5) is 0. The Kier molecular flexibility index (Phi) is 3.31. The highest BCUT2D eigenvalue weighted by Crippen LogP contribution is 2.33. The van der Waals surface area contributed by atoms with E-state index in [1.54, 1.807) is 25.3 Å². The highest BCUT2D eigenvalue weighted by atomic mass is 16.5. The SMILES string of the molecule is COc1cc(C#N)ccc1OCCC1CC1. The fraction of sp³-hybridized carbons (Fsp3) is 0.462. The third-order valence-electron chi connectivity index (χ3n) is 2.77. The van der Waals surface area contributed by atoms with Crippen molar-refractivity contribution in [3.05, 3.63) is 23.8 Å². The Bertz CT molecular complexity index is 405. The first kappa shape index (κ1) is 10.8. The summed E-state index contributed by atoms with van der Waals surface area (Å²) in [6, 6.07) is 7.32. The first-order valence-electron chi connectivity index (χ1n) is 5.54. The van der Waals surface area contributed by atoms with E-state index in [1.807, 2.05) is 0 Å². The third-order valence-corrected chi connectivity index (χ3v) is 2.77. The van der Waals surface area contributed by atoms with Gasteiger partial charge in [0.1, 0.15) is 0 Å². The lowest BCUT2D eigenvalue weighted by Crippen LogP contribution is -2.00. The number of benzene rings is 1. The van der Waals surface area contributed by atoms with Crippen molar-refractivity contribution in [3.63, 3.8) is 0 Å². The number of nitrogens with zero attached hydrogens (tertiary/aromatic N) is 1. The lowest BCUT2D eigenvalue weighted by atomic mass is 10.2. The molecule has 1 fully saturated rings. The molecule has 16 heavy (non-hydrogen) atoms. The zero-order valence-electron chi connectivity index (χ0n) is 9.40. The predicted molar refractivity (Wildman–Crippen MR) is 60.5 cm³/mol. The predicted octanol–water partition coefficient (Wildman–Crippen LogP) is 2.75. The summed E-state index contributed by atoms with van der Waals surface area (Å²) < 4.78 is 10.8. The Hall–Kier alpha value is -1.69. The molecule has 3 heteroatoms. The number of rotatable bonds is 5. The quantitative estimate of drug-likeness (QED) is 0.761. The van der Waals surface area contributed by atoms with E-state index in [0.717, 1.165) is 24.7 Å². The summed E-state index contributed by atoms with van der Waals surface area (Å²) in [5, 5.41) is 8.76. The zero-order chi connectivity index (χ0) is 11.4. The van der Waals surface area contributed by atoms with Gasteiger partial charge in [0.25, 0.3) is 0 Å². The molecule has 0 unspecified atom stereocenters. The number of methoxy groups -OCH3 is 1. The largest absolute Gasteiger partial charge is 0.493 e. The molecule has 0 aliphatic heterocycles. The molecule has 1 aliphatic rings. The van der Waals surface area contributed by atoms with Gasteiger partial charge in [-0.3, -0.25) is 0 Å². The summed E-state index contributed by atoms with van der Waals surface area (Å²) in [5.74, 6) is 2.22. The summed E-state index contributed by atoms with van der Waals surface area (Å²) in [5.41, 5.74) is 0.589. The van der Waals surface area contributed by atoms with Crippen LogP contribution in [-0.2, 0) is 0 Å². The van der Waals surface area contributed by atoms with Crippen LogP contribution in [0.4, 0.5) is 0 Å². The Balaban J connectivity index is 1.98. The molecule has 84 valence electrons. The van der Waals surface area contributed by atoms with E-state index in [2.05, 4.69) is 6.07 Å². The number of nitriles is 1. The average molecular weight is 217 g/mol. The molecule has 2 rings (SSSR count). The minimum atomic E-state index is 0.589. The Labute approximate surface area is 95.6 Å². The van der Waals surface area contributed by atoms with Crippen molar-refractivity contribution in [2.24, 2.45) is 5.92 Å². The molecular weight excluding hydrogens is 202 g/mol. The minimum Gasteiger partial charge on any atom is -0.493 e. The van der Waals surface area contributed by atoms with Crippen LogP contribution in [0.3, 0.4) is 0 Å². The average Bonchev–Trinajstić information content (AvgIpc) is 3.13. The lowest BCUT2D eigenvalue weighted by Gasteiger charge is -2.10. The number of hydrogen-bond donors (Lipinski definition) is 0. The molecule has 0 aromatic heterocycles. The monoisotopic (exact) mass is 217 g/mol. The van der Waals surface area contributed by atoms with Crippen molar-refractivity contribution in [2.75, 3.05) is 13.7 Å². The van der Waals surface area contributed by atoms with Crippen LogP contribution in [0.5, 0.6) is 11.5 Å². The fourth-order valence-corrected chi connectivity index (χ4v) is 1.60. The van der Waals surface area contributed by atoms with E-state index in [9.17, 15) is 0 Å². The van der Waals surface area contributed by atoms with Gasteiger partial charge in [-0.25, -0.2) is 0 Å². The van der Waals surface area contributed by atoms with Gasteiger partial charge in [0, 0.05) is 6.07 Å². The van der Waals surface area contributed by atoms with Crippen molar-refractivity contribution in [2.45, 2.75) is 19.3 Å². The summed E-state index contributed by atoms with van der Waals surface area (Å²) in [6.45, 7) is 0.729. The van der Waals surface area contributed by atoms with E-state index in [4.69, 9.17) is 14.7 Å². The van der Waals surface area contributed by atoms with Crippen LogP contribution >= 0.6 is 0 Å². The molecule has 1 aliphatic carbocycles. The molecule has 0 bridgehead atoms. The molecule has 0 radical (unpaired) electrons. The molecule has 0 N–H and O–H groups in total. The van der Waals surface area contributed by atoms with E-state index >= 15 is 0 Å². The maximum atomic E-state index is 8.76. The second-order valence-corrected chi connectivity index (χ2v) is 4.06. The van der Waals surface area contributed by atoms with Crippen molar-refractivity contribution < 1.29 is 9.47 Å². The van der Waals surface area contributed by atoms with Gasteiger partial charge in [-0.1, -0.05) is 12.8 Å². The standard InChI is InChI=1S/C13H15NO2/c1-15-13-8-11(9-14)4-5-12(13)16-7-6-10-2-3-10/h4-5,8,10H,2-3,6-7H2,1H3. The molecule has 1 aromatic rings. The molecule has 1 saturated carbocycles. The van der Waals surface area contributed by atoms with E-state index in [1.165, 1.54) is 12.8 Å². The molecule has 0 saturated heterocycles. The van der Waals surface area contributed by atoms with Crippen molar-refractivity contribution in [1.82, 2.24) is 0 Å². The van der Waals surface area contributed by atoms with E-state index in [-0.39, 0.29) is 0 Å². The normalized spacial score (nSPS) is 14.2. The van der Waals surface area contributed by atoms with Gasteiger partial charge in [-0.15, -0.1) is 0 Å². The van der Waals surface area contributed by atoms with Gasteiger partial charge in [0.2, 0.25) is 0 Å². The summed E-state index contributed by atoms with van der Waals surface area (Å²) in [6.07, 6.45) is 3.80. The van der Waals surface area contributed by atoms with Gasteiger partial charge in [0.15, 0.2) is 11.5 Å². The van der Waals surface area contributed by atoms with Crippen LogP contribution in [0, 0.1) is 17.2 Å². The van der Waals surface area contributed by atoms with Gasteiger partial charge in [-0.05, 0) is 24.5 Å². The first-order chi connectivity index (χ1) is 7.83. The van der Waals surface area contributed by atoms with Crippen molar-refractivity contribution in [1.29, 1.82) is 5.26 Å². The number of hydrogen-bond acceptors (Lipinski definition) is 3. The third kappa shape index (κ3) is 2.66. The van der Waals surface area contributed by atoms with Crippen LogP contribution in [-0.4, -0.2) is 13.7 Å². The van der Waals surface area contributed by atoms with E-state index in [0.29, 0.717) is 11.3 Å². The van der Waals surface area contributed by atoms with Crippen LogP contribution in [0.2, 0.25) is 0 Å². The van der Waals surface area contributed by atoms with Gasteiger partial charge in [-0.2, -0.15) is 5.26 Å². The van der Waals surface area contributed by atoms with E-state index < -0.39 is 0 Å². The van der Waals surface area contributed by atoms with Gasteiger partial charge < -0.3 is 9.47 Å². The van der Waals surface area contributed by atoms with Crippen LogP contribution < -0.4 is 9.47 Å². The maximum absolute atomic E-state index is 8.76. The molecule has 1 aromatic carbocycles. The Morgan fingerprint density at radius 2 is 2.19 bits per heavy atom. The second-order valence-electron chi connectivity index (χ2n) is 4.06. The van der Waals surface area contributed by atoms with Gasteiger partial charge >= 0.3 is 0 Å². The highest BCUT2D eigenvalue weighted by molar-refractivity contribution is 5.46. The summed E-state index contributed by atoms with van der Waals surface area (Å²) >= 11 is 0. The molecular formula is C13H15NO2. The molecule has 0 spiro atoms. The highest BCUT2D eigenvalue weighted by Gasteiger charge is 2.20. The maximum Gasteiger partial charge on any atom is 0.162 e. The Morgan fingerprint density at radius 3 is 2.81 bits per heavy atom. The zero-order valence-corrected chi connectivity index (χ0v) is 9.40. The first-order valence-corrected chi connectivity index (χ1v) is 5.54. The smallest absolute Gasteiger partial charge is 0.162 e. The number of ether oxygens (including phenoxy) is 2. The molecule has 0 atom stereocenters.